The van der Waals surface area contributed by atoms with E-state index in [1.54, 1.807) is 24.3 Å². The lowest BCUT2D eigenvalue weighted by Gasteiger charge is -2.22. The Hall–Kier alpha value is -3.15. The lowest BCUT2D eigenvalue weighted by Crippen LogP contribution is -2.37. The highest BCUT2D eigenvalue weighted by Crippen LogP contribution is 2.23. The molecule has 0 bridgehead atoms. The third kappa shape index (κ3) is 5.41. The van der Waals surface area contributed by atoms with Crippen LogP contribution in [0, 0.1) is 20.8 Å². The van der Waals surface area contributed by atoms with Crippen molar-refractivity contribution in [3.8, 4) is 0 Å². The minimum Gasteiger partial charge on any atom is -0.326 e. The Kier molecular flexibility index (Phi) is 6.34. The number of carbonyl (C=O) groups excluding carboxylic acids is 3. The smallest absolute Gasteiger partial charge is 0.244 e. The second-order valence-electron chi connectivity index (χ2n) is 6.66. The topological polar surface area (TPSA) is 78.5 Å². The molecular weight excluding hydrogens is 342 g/mol. The van der Waals surface area contributed by atoms with Crippen LogP contribution in [0.4, 0.5) is 17.1 Å². The Morgan fingerprint density at radius 3 is 2.11 bits per heavy atom. The van der Waals surface area contributed by atoms with E-state index in [1.165, 1.54) is 18.7 Å². The Morgan fingerprint density at radius 2 is 1.56 bits per heavy atom. The van der Waals surface area contributed by atoms with Crippen molar-refractivity contribution in [1.29, 1.82) is 0 Å². The minimum absolute atomic E-state index is 0.119. The van der Waals surface area contributed by atoms with E-state index < -0.39 is 0 Å². The van der Waals surface area contributed by atoms with Gasteiger partial charge in [-0.05, 0) is 50.1 Å². The molecule has 2 rings (SSSR count). The number of nitrogens with one attached hydrogen (secondary N) is 2. The number of hydrogen-bond acceptors (Lipinski definition) is 3. The largest absolute Gasteiger partial charge is 0.326 e. The average molecular weight is 367 g/mol. The van der Waals surface area contributed by atoms with Crippen molar-refractivity contribution in [3.05, 3.63) is 53.1 Å². The Balaban J connectivity index is 2.20. The molecule has 0 heterocycles. The fourth-order valence-electron chi connectivity index (χ4n) is 3.04. The zero-order chi connectivity index (χ0) is 20.1. The van der Waals surface area contributed by atoms with Crippen LogP contribution in [-0.4, -0.2) is 24.3 Å². The Labute approximate surface area is 159 Å². The first-order chi connectivity index (χ1) is 12.7. The van der Waals surface area contributed by atoms with Gasteiger partial charge in [0.1, 0.15) is 6.54 Å². The predicted octanol–water partition coefficient (Wildman–Crippen LogP) is 3.56. The number of amides is 3. The quantitative estimate of drug-likeness (QED) is 0.848. The van der Waals surface area contributed by atoms with Gasteiger partial charge in [0.2, 0.25) is 17.7 Å². The van der Waals surface area contributed by atoms with E-state index in [0.29, 0.717) is 11.4 Å². The Bertz CT molecular complexity index is 867. The minimum atomic E-state index is -0.287. The summed E-state index contributed by atoms with van der Waals surface area (Å²) in [5, 5.41) is 5.58. The summed E-state index contributed by atoms with van der Waals surface area (Å²) in [5.74, 6) is -0.753. The van der Waals surface area contributed by atoms with Gasteiger partial charge >= 0.3 is 0 Å². The number of aryl methyl sites for hydroxylation is 3. The second-order valence-corrected chi connectivity index (χ2v) is 6.66. The van der Waals surface area contributed by atoms with E-state index in [4.69, 9.17) is 0 Å². The number of nitrogens with zero attached hydrogens (tertiary/aromatic N) is 1. The summed E-state index contributed by atoms with van der Waals surface area (Å²) in [7, 11) is 0. The van der Waals surface area contributed by atoms with Crippen molar-refractivity contribution in [2.24, 2.45) is 0 Å². The maximum absolute atomic E-state index is 12.6. The van der Waals surface area contributed by atoms with E-state index in [-0.39, 0.29) is 24.3 Å². The molecule has 0 saturated carbocycles. The van der Waals surface area contributed by atoms with Gasteiger partial charge in [0.15, 0.2) is 0 Å². The van der Waals surface area contributed by atoms with Crippen molar-refractivity contribution in [2.75, 3.05) is 22.1 Å². The molecule has 2 aromatic rings. The van der Waals surface area contributed by atoms with Gasteiger partial charge in [-0.3, -0.25) is 14.4 Å². The predicted molar refractivity (Wildman–Crippen MR) is 108 cm³/mol. The summed E-state index contributed by atoms with van der Waals surface area (Å²) in [5.41, 5.74) is 4.95. The first-order valence-corrected chi connectivity index (χ1v) is 8.71. The molecule has 6 heteroatoms. The zero-order valence-corrected chi connectivity index (χ0v) is 16.3. The average Bonchev–Trinajstić information content (AvgIpc) is 2.55. The molecule has 0 aliphatic rings. The van der Waals surface area contributed by atoms with Crippen LogP contribution in [0.5, 0.6) is 0 Å². The third-order valence-electron chi connectivity index (χ3n) is 4.10. The molecule has 0 aliphatic heterocycles. The zero-order valence-electron chi connectivity index (χ0n) is 16.3. The van der Waals surface area contributed by atoms with Crippen molar-refractivity contribution >= 4 is 34.8 Å². The molecule has 0 fully saturated rings. The van der Waals surface area contributed by atoms with Gasteiger partial charge < -0.3 is 15.5 Å². The van der Waals surface area contributed by atoms with E-state index in [1.807, 2.05) is 32.9 Å². The van der Waals surface area contributed by atoms with Crippen LogP contribution in [0.2, 0.25) is 0 Å². The standard InChI is InChI=1S/C21H25N3O3/c1-13-9-14(2)21(15(3)10-13)23-20(27)12-24(17(5)26)19-8-6-7-18(11-19)22-16(4)25/h6-11H,12H2,1-5H3,(H,22,25)(H,23,27). The maximum Gasteiger partial charge on any atom is 0.244 e. The van der Waals surface area contributed by atoms with Gasteiger partial charge in [-0.2, -0.15) is 0 Å². The van der Waals surface area contributed by atoms with Crippen molar-refractivity contribution in [1.82, 2.24) is 0 Å². The Morgan fingerprint density at radius 1 is 0.926 bits per heavy atom. The highest BCUT2D eigenvalue weighted by atomic mass is 16.2. The van der Waals surface area contributed by atoms with Gasteiger partial charge in [-0.25, -0.2) is 0 Å². The van der Waals surface area contributed by atoms with Crippen molar-refractivity contribution in [3.63, 3.8) is 0 Å². The number of carbonyl (C=O) groups is 3. The van der Waals surface area contributed by atoms with E-state index in [9.17, 15) is 14.4 Å². The maximum atomic E-state index is 12.6. The number of rotatable bonds is 5. The lowest BCUT2D eigenvalue weighted by atomic mass is 10.1. The molecule has 0 atom stereocenters. The molecule has 27 heavy (non-hydrogen) atoms. The number of anilines is 3. The second kappa shape index (κ2) is 8.49. The SMILES string of the molecule is CC(=O)Nc1cccc(N(CC(=O)Nc2c(C)cc(C)cc2C)C(C)=O)c1. The van der Waals surface area contributed by atoms with Crippen LogP contribution < -0.4 is 15.5 Å². The summed E-state index contributed by atoms with van der Waals surface area (Å²) in [4.78, 5) is 37.3. The van der Waals surface area contributed by atoms with E-state index in [2.05, 4.69) is 10.6 Å². The third-order valence-corrected chi connectivity index (χ3v) is 4.10. The molecule has 3 amide bonds. The molecule has 2 aromatic carbocycles. The normalized spacial score (nSPS) is 10.3. The van der Waals surface area contributed by atoms with Gasteiger partial charge in [0.25, 0.3) is 0 Å². The number of benzene rings is 2. The van der Waals surface area contributed by atoms with Gasteiger partial charge in [0, 0.05) is 30.9 Å². The molecule has 142 valence electrons. The van der Waals surface area contributed by atoms with Gasteiger partial charge in [-0.15, -0.1) is 0 Å². The first kappa shape index (κ1) is 20.2. The van der Waals surface area contributed by atoms with E-state index >= 15 is 0 Å². The van der Waals surface area contributed by atoms with E-state index in [0.717, 1.165) is 22.4 Å². The van der Waals surface area contributed by atoms with Crippen LogP contribution in [0.1, 0.15) is 30.5 Å². The van der Waals surface area contributed by atoms with Gasteiger partial charge in [0.05, 0.1) is 0 Å². The molecule has 0 aromatic heterocycles. The summed E-state index contributed by atoms with van der Waals surface area (Å²) in [6.45, 7) is 8.58. The molecule has 2 N–H and O–H groups in total. The molecule has 0 saturated heterocycles. The number of hydrogen-bond donors (Lipinski definition) is 2. The van der Waals surface area contributed by atoms with Crippen LogP contribution >= 0.6 is 0 Å². The van der Waals surface area contributed by atoms with Crippen LogP contribution in [-0.2, 0) is 14.4 Å². The molecule has 0 spiro atoms. The monoisotopic (exact) mass is 367 g/mol. The van der Waals surface area contributed by atoms with Crippen molar-refractivity contribution in [2.45, 2.75) is 34.6 Å². The highest BCUT2D eigenvalue weighted by Gasteiger charge is 2.17. The summed E-state index contributed by atoms with van der Waals surface area (Å²) < 4.78 is 0. The van der Waals surface area contributed by atoms with Crippen LogP contribution in [0.15, 0.2) is 36.4 Å². The fraction of sp³-hybridized carbons (Fsp3) is 0.286. The molecular formula is C21H25N3O3. The summed E-state index contributed by atoms with van der Waals surface area (Å²) >= 11 is 0. The fourth-order valence-corrected chi connectivity index (χ4v) is 3.04. The highest BCUT2D eigenvalue weighted by molar-refractivity contribution is 6.02. The van der Waals surface area contributed by atoms with Crippen molar-refractivity contribution < 1.29 is 14.4 Å². The van der Waals surface area contributed by atoms with Crippen LogP contribution in [0.25, 0.3) is 0 Å². The van der Waals surface area contributed by atoms with Crippen LogP contribution in [0.3, 0.4) is 0 Å². The first-order valence-electron chi connectivity index (χ1n) is 8.71. The molecule has 0 radical (unpaired) electrons. The summed E-state index contributed by atoms with van der Waals surface area (Å²) in [6.07, 6.45) is 0. The molecule has 6 nitrogen and oxygen atoms in total. The summed E-state index contributed by atoms with van der Waals surface area (Å²) in [6, 6.07) is 10.8. The van der Waals surface area contributed by atoms with Gasteiger partial charge in [-0.1, -0.05) is 23.8 Å². The molecule has 0 unspecified atom stereocenters. The lowest BCUT2D eigenvalue weighted by molar-refractivity contribution is -0.120. The molecule has 0 aliphatic carbocycles.